The topological polar surface area (TPSA) is 73.4 Å². The molecular weight excluding hydrogens is 328 g/mol. The summed E-state index contributed by atoms with van der Waals surface area (Å²) in [6, 6.07) is 9.58. The lowest BCUT2D eigenvalue weighted by Gasteiger charge is -2.17. The molecule has 7 nitrogen and oxygen atoms in total. The SMILES string of the molecule is CN(C)CCNc1nccc(C(=O)Nc2ccc(N3CCCC3)cc2)n1. The summed E-state index contributed by atoms with van der Waals surface area (Å²) in [6.45, 7) is 3.80. The van der Waals surface area contributed by atoms with E-state index in [-0.39, 0.29) is 5.91 Å². The van der Waals surface area contributed by atoms with E-state index < -0.39 is 0 Å². The standard InChI is InChI=1S/C19H26N6O/c1-24(2)14-11-21-19-20-10-9-17(23-19)18(26)22-15-5-7-16(8-6-15)25-12-3-4-13-25/h5-10H,3-4,11-14H2,1-2H3,(H,22,26)(H,20,21,23). The Labute approximate surface area is 154 Å². The number of aromatic nitrogens is 2. The lowest BCUT2D eigenvalue weighted by atomic mass is 10.2. The van der Waals surface area contributed by atoms with Gasteiger partial charge in [-0.05, 0) is 57.3 Å². The molecule has 7 heteroatoms. The number of hydrogen-bond donors (Lipinski definition) is 2. The number of carbonyl (C=O) groups is 1. The van der Waals surface area contributed by atoms with Gasteiger partial charge in [-0.1, -0.05) is 0 Å². The molecule has 1 aliphatic rings. The van der Waals surface area contributed by atoms with Crippen molar-refractivity contribution < 1.29 is 4.79 Å². The Balaban J connectivity index is 1.58. The Morgan fingerprint density at radius 1 is 1.15 bits per heavy atom. The second-order valence-corrected chi connectivity index (χ2v) is 6.69. The molecule has 0 bridgehead atoms. The molecule has 1 saturated heterocycles. The van der Waals surface area contributed by atoms with E-state index >= 15 is 0 Å². The first-order chi connectivity index (χ1) is 12.6. The van der Waals surface area contributed by atoms with E-state index in [2.05, 4.69) is 42.5 Å². The lowest BCUT2D eigenvalue weighted by Crippen LogP contribution is -2.22. The maximum Gasteiger partial charge on any atom is 0.274 e. The Morgan fingerprint density at radius 3 is 2.58 bits per heavy atom. The fourth-order valence-corrected chi connectivity index (χ4v) is 2.89. The molecule has 0 radical (unpaired) electrons. The lowest BCUT2D eigenvalue weighted by molar-refractivity contribution is 0.102. The summed E-state index contributed by atoms with van der Waals surface area (Å²) in [5, 5.41) is 6.02. The van der Waals surface area contributed by atoms with Crippen molar-refractivity contribution in [2.24, 2.45) is 0 Å². The quantitative estimate of drug-likeness (QED) is 0.795. The first-order valence-electron chi connectivity index (χ1n) is 9.00. The van der Waals surface area contributed by atoms with Crippen molar-refractivity contribution in [2.75, 3.05) is 55.8 Å². The zero-order chi connectivity index (χ0) is 18.4. The van der Waals surface area contributed by atoms with Crippen LogP contribution >= 0.6 is 0 Å². The summed E-state index contributed by atoms with van der Waals surface area (Å²) in [5.41, 5.74) is 2.31. The third-order valence-corrected chi connectivity index (χ3v) is 4.33. The Kier molecular flexibility index (Phi) is 6.01. The minimum atomic E-state index is -0.239. The molecule has 0 atom stereocenters. The van der Waals surface area contributed by atoms with Crippen LogP contribution < -0.4 is 15.5 Å². The van der Waals surface area contributed by atoms with Gasteiger partial charge in [0.2, 0.25) is 5.95 Å². The smallest absolute Gasteiger partial charge is 0.274 e. The van der Waals surface area contributed by atoms with Gasteiger partial charge in [0.25, 0.3) is 5.91 Å². The Bertz CT molecular complexity index is 725. The van der Waals surface area contributed by atoms with E-state index in [9.17, 15) is 4.79 Å². The summed E-state index contributed by atoms with van der Waals surface area (Å²) in [7, 11) is 4.00. The molecule has 2 heterocycles. The second-order valence-electron chi connectivity index (χ2n) is 6.69. The van der Waals surface area contributed by atoms with Crippen LogP contribution in [0.5, 0.6) is 0 Å². The van der Waals surface area contributed by atoms with Gasteiger partial charge in [0.1, 0.15) is 5.69 Å². The highest BCUT2D eigenvalue weighted by molar-refractivity contribution is 6.03. The van der Waals surface area contributed by atoms with E-state index in [1.165, 1.54) is 18.5 Å². The summed E-state index contributed by atoms with van der Waals surface area (Å²) >= 11 is 0. The van der Waals surface area contributed by atoms with Crippen LogP contribution in [-0.4, -0.2) is 61.0 Å². The summed E-state index contributed by atoms with van der Waals surface area (Å²) in [5.74, 6) is 0.223. The zero-order valence-electron chi connectivity index (χ0n) is 15.4. The highest BCUT2D eigenvalue weighted by Crippen LogP contribution is 2.22. The third kappa shape index (κ3) is 4.92. The number of rotatable bonds is 7. The van der Waals surface area contributed by atoms with Crippen LogP contribution in [-0.2, 0) is 0 Å². The predicted octanol–water partition coefficient (Wildman–Crippen LogP) is 2.30. The van der Waals surface area contributed by atoms with Crippen LogP contribution in [0, 0.1) is 0 Å². The highest BCUT2D eigenvalue weighted by Gasteiger charge is 2.13. The molecule has 0 aliphatic carbocycles. The van der Waals surface area contributed by atoms with Gasteiger partial charge in [-0.25, -0.2) is 9.97 Å². The number of nitrogens with zero attached hydrogens (tertiary/aromatic N) is 4. The van der Waals surface area contributed by atoms with Crippen molar-refractivity contribution in [1.29, 1.82) is 0 Å². The number of benzene rings is 1. The van der Waals surface area contributed by atoms with Crippen molar-refractivity contribution in [1.82, 2.24) is 14.9 Å². The van der Waals surface area contributed by atoms with E-state index in [1.54, 1.807) is 12.3 Å². The van der Waals surface area contributed by atoms with E-state index in [4.69, 9.17) is 0 Å². The number of hydrogen-bond acceptors (Lipinski definition) is 6. The van der Waals surface area contributed by atoms with Crippen LogP contribution in [0.3, 0.4) is 0 Å². The fourth-order valence-electron chi connectivity index (χ4n) is 2.89. The molecule has 1 amide bonds. The van der Waals surface area contributed by atoms with E-state index in [0.29, 0.717) is 11.6 Å². The van der Waals surface area contributed by atoms with E-state index in [1.807, 2.05) is 26.2 Å². The molecule has 2 aromatic rings. The highest BCUT2D eigenvalue weighted by atomic mass is 16.1. The molecule has 0 spiro atoms. The zero-order valence-corrected chi connectivity index (χ0v) is 15.4. The van der Waals surface area contributed by atoms with Gasteiger partial charge in [-0.15, -0.1) is 0 Å². The first-order valence-corrected chi connectivity index (χ1v) is 9.00. The number of amides is 1. The molecule has 0 saturated carbocycles. The summed E-state index contributed by atoms with van der Waals surface area (Å²) in [6.07, 6.45) is 4.09. The van der Waals surface area contributed by atoms with Gasteiger partial charge in [0.05, 0.1) is 0 Å². The summed E-state index contributed by atoms with van der Waals surface area (Å²) in [4.78, 5) is 25.3. The predicted molar refractivity (Wildman–Crippen MR) is 105 cm³/mol. The number of nitrogens with one attached hydrogen (secondary N) is 2. The van der Waals surface area contributed by atoms with Crippen LogP contribution in [0.25, 0.3) is 0 Å². The molecule has 1 aliphatic heterocycles. The molecular formula is C19H26N6O. The monoisotopic (exact) mass is 354 g/mol. The normalized spacial score (nSPS) is 13.9. The van der Waals surface area contributed by atoms with Crippen LogP contribution in [0.4, 0.5) is 17.3 Å². The fraction of sp³-hybridized carbons (Fsp3) is 0.421. The van der Waals surface area contributed by atoms with Crippen molar-refractivity contribution >= 4 is 23.2 Å². The van der Waals surface area contributed by atoms with Crippen LogP contribution in [0.2, 0.25) is 0 Å². The van der Waals surface area contributed by atoms with Crippen molar-refractivity contribution in [3.8, 4) is 0 Å². The Morgan fingerprint density at radius 2 is 1.88 bits per heavy atom. The van der Waals surface area contributed by atoms with Crippen molar-refractivity contribution in [3.63, 3.8) is 0 Å². The molecule has 1 aromatic heterocycles. The minimum absolute atomic E-state index is 0.239. The molecule has 138 valence electrons. The van der Waals surface area contributed by atoms with Gasteiger partial charge >= 0.3 is 0 Å². The molecule has 1 aromatic carbocycles. The maximum atomic E-state index is 12.4. The second kappa shape index (κ2) is 8.62. The minimum Gasteiger partial charge on any atom is -0.372 e. The van der Waals surface area contributed by atoms with Gasteiger partial charge in [-0.3, -0.25) is 4.79 Å². The van der Waals surface area contributed by atoms with Gasteiger partial charge in [0.15, 0.2) is 0 Å². The van der Waals surface area contributed by atoms with Crippen LogP contribution in [0.1, 0.15) is 23.3 Å². The Hall–Kier alpha value is -2.67. The first kappa shape index (κ1) is 18.1. The van der Waals surface area contributed by atoms with Gasteiger partial charge in [0, 0.05) is 43.8 Å². The van der Waals surface area contributed by atoms with E-state index in [0.717, 1.165) is 31.9 Å². The molecule has 1 fully saturated rings. The average molecular weight is 354 g/mol. The van der Waals surface area contributed by atoms with Crippen LogP contribution in [0.15, 0.2) is 36.5 Å². The third-order valence-electron chi connectivity index (χ3n) is 4.33. The number of carbonyl (C=O) groups excluding carboxylic acids is 1. The molecule has 0 unspecified atom stereocenters. The number of anilines is 3. The van der Waals surface area contributed by atoms with Crippen molar-refractivity contribution in [2.45, 2.75) is 12.8 Å². The van der Waals surface area contributed by atoms with Crippen molar-refractivity contribution in [3.05, 3.63) is 42.2 Å². The average Bonchev–Trinajstić information content (AvgIpc) is 3.17. The van der Waals surface area contributed by atoms with Gasteiger partial charge in [-0.2, -0.15) is 0 Å². The largest absolute Gasteiger partial charge is 0.372 e. The molecule has 3 rings (SSSR count). The molecule has 26 heavy (non-hydrogen) atoms. The molecule has 2 N–H and O–H groups in total. The summed E-state index contributed by atoms with van der Waals surface area (Å²) < 4.78 is 0. The van der Waals surface area contributed by atoms with Gasteiger partial charge < -0.3 is 20.4 Å². The maximum absolute atomic E-state index is 12.4. The number of likely N-dealkylation sites (N-methyl/N-ethyl adjacent to an activating group) is 1.